The third kappa shape index (κ3) is 5.34. The summed E-state index contributed by atoms with van der Waals surface area (Å²) in [7, 11) is 0. The van der Waals surface area contributed by atoms with E-state index in [1.165, 1.54) is 0 Å². The number of nitrogens with zero attached hydrogens (tertiary/aromatic N) is 1. The Morgan fingerprint density at radius 2 is 1.56 bits per heavy atom. The Bertz CT molecular complexity index is 810. The molecule has 0 bridgehead atoms. The van der Waals surface area contributed by atoms with Crippen molar-refractivity contribution in [3.05, 3.63) is 70.8 Å². The fourth-order valence-corrected chi connectivity index (χ4v) is 2.45. The van der Waals surface area contributed by atoms with Crippen LogP contribution in [0.15, 0.2) is 42.5 Å². The zero-order chi connectivity index (χ0) is 20.2. The van der Waals surface area contributed by atoms with E-state index in [0.717, 1.165) is 22.7 Å². The zero-order valence-electron chi connectivity index (χ0n) is 15.4. The first-order valence-electron chi connectivity index (χ1n) is 8.43. The predicted molar refractivity (Wildman–Crippen MR) is 97.0 cm³/mol. The van der Waals surface area contributed by atoms with Crippen LogP contribution in [0.1, 0.15) is 47.1 Å². The van der Waals surface area contributed by atoms with Crippen LogP contribution < -0.4 is 5.43 Å². The highest BCUT2D eigenvalue weighted by Crippen LogP contribution is 2.18. The molecule has 2 rings (SSSR count). The largest absolute Gasteiger partial charge is 0.396 e. The lowest BCUT2D eigenvalue weighted by Crippen LogP contribution is -2.55. The number of hydrogen-bond donors (Lipinski definition) is 2. The summed E-state index contributed by atoms with van der Waals surface area (Å²) < 4.78 is 26.9. The quantitative estimate of drug-likeness (QED) is 0.806. The van der Waals surface area contributed by atoms with Crippen molar-refractivity contribution in [2.24, 2.45) is 0 Å². The van der Waals surface area contributed by atoms with Gasteiger partial charge in [-0.1, -0.05) is 12.1 Å². The van der Waals surface area contributed by atoms with Crippen molar-refractivity contribution in [1.29, 1.82) is 0 Å². The topological polar surface area (TPSA) is 69.6 Å². The highest BCUT2D eigenvalue weighted by molar-refractivity contribution is 5.99. The van der Waals surface area contributed by atoms with Gasteiger partial charge in [0, 0.05) is 23.8 Å². The Morgan fingerprint density at radius 3 is 2.04 bits per heavy atom. The van der Waals surface area contributed by atoms with Crippen molar-refractivity contribution in [2.75, 3.05) is 6.61 Å². The van der Waals surface area contributed by atoms with Crippen molar-refractivity contribution < 1.29 is 23.5 Å². The molecular weight excluding hydrogens is 354 g/mol. The Morgan fingerprint density at radius 1 is 1.00 bits per heavy atom. The van der Waals surface area contributed by atoms with E-state index in [-0.39, 0.29) is 12.2 Å². The smallest absolute Gasteiger partial charge is 0.272 e. The fourth-order valence-electron chi connectivity index (χ4n) is 2.45. The molecule has 0 radical (unpaired) electrons. The maximum absolute atomic E-state index is 13.5. The molecule has 0 aromatic heterocycles. The first-order chi connectivity index (χ1) is 12.6. The van der Waals surface area contributed by atoms with Gasteiger partial charge in [0.2, 0.25) is 0 Å². The summed E-state index contributed by atoms with van der Waals surface area (Å²) in [5.74, 6) is -3.02. The lowest BCUT2D eigenvalue weighted by atomic mass is 10.1. The van der Waals surface area contributed by atoms with Crippen molar-refractivity contribution in [1.82, 2.24) is 10.4 Å². The van der Waals surface area contributed by atoms with Gasteiger partial charge < -0.3 is 5.11 Å². The first-order valence-corrected chi connectivity index (χ1v) is 8.43. The molecule has 0 atom stereocenters. The van der Waals surface area contributed by atoms with Gasteiger partial charge in [-0.05, 0) is 57.0 Å². The standard InChI is InChI=1S/C20H22F2N2O3/c1-20(2,3)24(19(27)15-10-16(21)12-17(22)11-15)23-18(26)14-6-4-13(5-7-14)8-9-25/h4-7,10-12,25H,8-9H2,1-3H3,(H,23,26). The zero-order valence-corrected chi connectivity index (χ0v) is 15.4. The van der Waals surface area contributed by atoms with E-state index < -0.39 is 29.0 Å². The summed E-state index contributed by atoms with van der Waals surface area (Å²) in [5, 5.41) is 9.98. The maximum Gasteiger partial charge on any atom is 0.272 e. The molecule has 144 valence electrons. The van der Waals surface area contributed by atoms with E-state index in [9.17, 15) is 18.4 Å². The number of hydrogen-bond acceptors (Lipinski definition) is 3. The number of nitrogens with one attached hydrogen (secondary N) is 1. The van der Waals surface area contributed by atoms with Crippen LogP contribution in [0.5, 0.6) is 0 Å². The highest BCUT2D eigenvalue weighted by Gasteiger charge is 2.30. The number of hydrazine groups is 1. The number of carbonyl (C=O) groups excluding carboxylic acids is 2. The van der Waals surface area contributed by atoms with Crippen LogP contribution in [-0.2, 0) is 6.42 Å². The molecule has 2 aromatic rings. The van der Waals surface area contributed by atoms with Gasteiger partial charge in [0.15, 0.2) is 0 Å². The lowest BCUT2D eigenvalue weighted by Gasteiger charge is -2.35. The Labute approximate surface area is 156 Å². The lowest BCUT2D eigenvalue weighted by molar-refractivity contribution is 0.0358. The molecule has 2 N–H and O–H groups in total. The molecule has 0 aliphatic rings. The van der Waals surface area contributed by atoms with Crippen LogP contribution in [0.25, 0.3) is 0 Å². The number of amides is 2. The predicted octanol–water partition coefficient (Wildman–Crippen LogP) is 3.09. The second-order valence-electron chi connectivity index (χ2n) is 7.08. The number of rotatable bonds is 4. The third-order valence-corrected chi connectivity index (χ3v) is 3.81. The maximum atomic E-state index is 13.5. The number of halogens is 2. The van der Waals surface area contributed by atoms with Crippen molar-refractivity contribution in [2.45, 2.75) is 32.7 Å². The summed E-state index contributed by atoms with van der Waals surface area (Å²) in [6.45, 7) is 5.06. The molecule has 5 nitrogen and oxygen atoms in total. The molecule has 27 heavy (non-hydrogen) atoms. The summed E-state index contributed by atoms with van der Waals surface area (Å²) in [6, 6.07) is 9.07. The molecule has 0 aliphatic carbocycles. The average molecular weight is 376 g/mol. The van der Waals surface area contributed by atoms with E-state index in [1.54, 1.807) is 45.0 Å². The molecule has 0 spiro atoms. The van der Waals surface area contributed by atoms with Crippen LogP contribution in [0.2, 0.25) is 0 Å². The minimum absolute atomic E-state index is 0.00203. The monoisotopic (exact) mass is 376 g/mol. The molecule has 0 aliphatic heterocycles. The second kappa shape index (κ2) is 8.26. The van der Waals surface area contributed by atoms with Gasteiger partial charge in [0.1, 0.15) is 11.6 Å². The Balaban J connectivity index is 2.26. The number of benzene rings is 2. The van der Waals surface area contributed by atoms with Crippen molar-refractivity contribution in [3.8, 4) is 0 Å². The van der Waals surface area contributed by atoms with Gasteiger partial charge in [-0.25, -0.2) is 13.8 Å². The molecular formula is C20H22F2N2O3. The van der Waals surface area contributed by atoms with Gasteiger partial charge in [-0.3, -0.25) is 15.0 Å². The molecule has 0 heterocycles. The van der Waals surface area contributed by atoms with Gasteiger partial charge in [0.05, 0.1) is 5.54 Å². The minimum Gasteiger partial charge on any atom is -0.396 e. The Hall–Kier alpha value is -2.80. The molecule has 0 unspecified atom stereocenters. The van der Waals surface area contributed by atoms with Gasteiger partial charge in [-0.2, -0.15) is 0 Å². The fraction of sp³-hybridized carbons (Fsp3) is 0.300. The second-order valence-corrected chi connectivity index (χ2v) is 7.08. The molecule has 0 saturated carbocycles. The van der Waals surface area contributed by atoms with Crippen LogP contribution in [0, 0.1) is 11.6 Å². The van der Waals surface area contributed by atoms with Crippen LogP contribution in [0.4, 0.5) is 8.78 Å². The van der Waals surface area contributed by atoms with Crippen LogP contribution in [-0.4, -0.2) is 34.1 Å². The van der Waals surface area contributed by atoms with E-state index in [1.807, 2.05) is 0 Å². The normalized spacial score (nSPS) is 11.2. The van der Waals surface area contributed by atoms with E-state index >= 15 is 0 Å². The summed E-state index contributed by atoms with van der Waals surface area (Å²) in [6.07, 6.45) is 0.472. The highest BCUT2D eigenvalue weighted by atomic mass is 19.1. The SMILES string of the molecule is CC(C)(C)N(NC(=O)c1ccc(CCO)cc1)C(=O)c1cc(F)cc(F)c1. The van der Waals surface area contributed by atoms with Gasteiger partial charge >= 0.3 is 0 Å². The van der Waals surface area contributed by atoms with E-state index in [2.05, 4.69) is 5.43 Å². The minimum atomic E-state index is -0.877. The summed E-state index contributed by atoms with van der Waals surface area (Å²) in [5.41, 5.74) is 2.64. The Kier molecular flexibility index (Phi) is 6.28. The molecule has 2 aromatic carbocycles. The van der Waals surface area contributed by atoms with Crippen molar-refractivity contribution >= 4 is 11.8 Å². The molecule has 0 saturated heterocycles. The van der Waals surface area contributed by atoms with E-state index in [4.69, 9.17) is 5.11 Å². The van der Waals surface area contributed by atoms with Crippen LogP contribution in [0.3, 0.4) is 0 Å². The third-order valence-electron chi connectivity index (χ3n) is 3.81. The van der Waals surface area contributed by atoms with Crippen molar-refractivity contribution in [3.63, 3.8) is 0 Å². The van der Waals surface area contributed by atoms with Crippen LogP contribution >= 0.6 is 0 Å². The number of carbonyl (C=O) groups is 2. The van der Waals surface area contributed by atoms with Gasteiger partial charge in [0.25, 0.3) is 11.8 Å². The molecule has 0 fully saturated rings. The van der Waals surface area contributed by atoms with Gasteiger partial charge in [-0.15, -0.1) is 0 Å². The average Bonchev–Trinajstić information content (AvgIpc) is 2.58. The number of aliphatic hydroxyl groups excluding tert-OH is 1. The molecule has 2 amide bonds. The van der Waals surface area contributed by atoms with E-state index in [0.29, 0.717) is 18.1 Å². The summed E-state index contributed by atoms with van der Waals surface area (Å²) >= 11 is 0. The summed E-state index contributed by atoms with van der Waals surface area (Å²) in [4.78, 5) is 25.3. The molecule has 7 heteroatoms. The first kappa shape index (κ1) is 20.5. The number of aliphatic hydroxyl groups is 1.